The van der Waals surface area contributed by atoms with Gasteiger partial charge in [0.2, 0.25) is 0 Å². The number of nitrogens with one attached hydrogen (secondary N) is 1. The Morgan fingerprint density at radius 2 is 2.05 bits per heavy atom. The van der Waals surface area contributed by atoms with Crippen LogP contribution in [-0.4, -0.2) is 11.5 Å². The van der Waals surface area contributed by atoms with Gasteiger partial charge in [-0.05, 0) is 59.1 Å². The fourth-order valence-electron chi connectivity index (χ4n) is 1.95. The molecule has 0 saturated heterocycles. The molecule has 0 aliphatic rings. The molecule has 2 aromatic rings. The van der Waals surface area contributed by atoms with Gasteiger partial charge in [0.25, 0.3) is 0 Å². The highest BCUT2D eigenvalue weighted by Gasteiger charge is 2.08. The maximum Gasteiger partial charge on any atom is 0.150 e. The van der Waals surface area contributed by atoms with Crippen LogP contribution in [0.2, 0.25) is 0 Å². The van der Waals surface area contributed by atoms with E-state index in [0.29, 0.717) is 5.92 Å². The van der Waals surface area contributed by atoms with Gasteiger partial charge in [0.1, 0.15) is 11.5 Å². The lowest BCUT2D eigenvalue weighted by molar-refractivity contribution is 0.464. The highest BCUT2D eigenvalue weighted by molar-refractivity contribution is 9.10. The third-order valence-corrected chi connectivity index (χ3v) is 3.67. The fourth-order valence-corrected chi connectivity index (χ4v) is 2.52. The van der Waals surface area contributed by atoms with Crippen LogP contribution in [0.25, 0.3) is 0 Å². The monoisotopic (exact) mass is 348 g/mol. The van der Waals surface area contributed by atoms with Gasteiger partial charge in [-0.1, -0.05) is 19.9 Å². The molecule has 4 heteroatoms. The lowest BCUT2D eigenvalue weighted by atomic mass is 10.2. The van der Waals surface area contributed by atoms with Crippen LogP contribution in [0, 0.1) is 12.8 Å². The van der Waals surface area contributed by atoms with Gasteiger partial charge in [-0.15, -0.1) is 0 Å². The molecule has 0 amide bonds. The highest BCUT2D eigenvalue weighted by Crippen LogP contribution is 2.31. The van der Waals surface area contributed by atoms with Crippen LogP contribution in [-0.2, 0) is 6.54 Å². The largest absolute Gasteiger partial charge is 0.454 e. The molecule has 0 unspecified atom stereocenters. The smallest absolute Gasteiger partial charge is 0.150 e. The average Bonchev–Trinajstić information content (AvgIpc) is 2.43. The number of rotatable bonds is 6. The standard InChI is InChI=1S/C17H21BrN2O/c1-12(2)9-20-10-14-6-7-19-11-17(14)21-16-5-4-13(3)8-15(16)18/h4-8,11-12,20H,9-10H2,1-3H3. The van der Waals surface area contributed by atoms with Crippen molar-refractivity contribution in [3.05, 3.63) is 52.3 Å². The normalized spacial score (nSPS) is 10.9. The van der Waals surface area contributed by atoms with E-state index in [2.05, 4.69) is 47.0 Å². The van der Waals surface area contributed by atoms with Gasteiger partial charge in [-0.3, -0.25) is 4.98 Å². The molecule has 0 spiro atoms. The Balaban J connectivity index is 2.12. The van der Waals surface area contributed by atoms with Gasteiger partial charge >= 0.3 is 0 Å². The van der Waals surface area contributed by atoms with Crippen molar-refractivity contribution in [2.75, 3.05) is 6.54 Å². The zero-order valence-electron chi connectivity index (χ0n) is 12.7. The first-order valence-corrected chi connectivity index (χ1v) is 7.93. The third-order valence-electron chi connectivity index (χ3n) is 3.05. The highest BCUT2D eigenvalue weighted by atomic mass is 79.9. The van der Waals surface area contributed by atoms with E-state index in [0.717, 1.165) is 34.6 Å². The number of pyridine rings is 1. The van der Waals surface area contributed by atoms with Gasteiger partial charge < -0.3 is 10.1 Å². The van der Waals surface area contributed by atoms with E-state index in [4.69, 9.17) is 4.74 Å². The molecule has 0 aliphatic heterocycles. The topological polar surface area (TPSA) is 34.1 Å². The van der Waals surface area contributed by atoms with Gasteiger partial charge in [0, 0.05) is 18.3 Å². The molecule has 21 heavy (non-hydrogen) atoms. The average molecular weight is 349 g/mol. The van der Waals surface area contributed by atoms with Crippen LogP contribution in [0.5, 0.6) is 11.5 Å². The predicted molar refractivity (Wildman–Crippen MR) is 89.7 cm³/mol. The Kier molecular flexibility index (Phi) is 5.76. The van der Waals surface area contributed by atoms with Crippen LogP contribution in [0.3, 0.4) is 0 Å². The second-order valence-electron chi connectivity index (χ2n) is 5.54. The number of aromatic nitrogens is 1. The summed E-state index contributed by atoms with van der Waals surface area (Å²) in [5, 5.41) is 3.43. The molecule has 1 aromatic carbocycles. The molecule has 0 fully saturated rings. The Labute approximate surface area is 134 Å². The zero-order valence-corrected chi connectivity index (χ0v) is 14.3. The summed E-state index contributed by atoms with van der Waals surface area (Å²) >= 11 is 3.54. The lowest BCUT2D eigenvalue weighted by Crippen LogP contribution is -2.19. The third kappa shape index (κ3) is 4.83. The molecule has 3 nitrogen and oxygen atoms in total. The number of halogens is 1. The van der Waals surface area contributed by atoms with E-state index < -0.39 is 0 Å². The molecule has 0 radical (unpaired) electrons. The minimum atomic E-state index is 0.627. The molecule has 0 bridgehead atoms. The SMILES string of the molecule is Cc1ccc(Oc2cnccc2CNCC(C)C)c(Br)c1. The molecule has 1 heterocycles. The summed E-state index contributed by atoms with van der Waals surface area (Å²) in [6.07, 6.45) is 3.56. The molecular weight excluding hydrogens is 328 g/mol. The van der Waals surface area contributed by atoms with Gasteiger partial charge in [-0.25, -0.2) is 0 Å². The first-order chi connectivity index (χ1) is 10.1. The molecule has 1 aromatic heterocycles. The van der Waals surface area contributed by atoms with Gasteiger partial charge in [0.05, 0.1) is 10.7 Å². The second-order valence-corrected chi connectivity index (χ2v) is 6.40. The van der Waals surface area contributed by atoms with E-state index in [1.165, 1.54) is 5.56 Å². The molecular formula is C17H21BrN2O. The summed E-state index contributed by atoms with van der Waals surface area (Å²) in [5.74, 6) is 2.22. The van der Waals surface area contributed by atoms with Crippen molar-refractivity contribution in [3.63, 3.8) is 0 Å². The van der Waals surface area contributed by atoms with Crippen molar-refractivity contribution in [3.8, 4) is 11.5 Å². The number of benzene rings is 1. The first kappa shape index (κ1) is 16.0. The second kappa shape index (κ2) is 7.57. The van der Waals surface area contributed by atoms with E-state index in [-0.39, 0.29) is 0 Å². The van der Waals surface area contributed by atoms with Crippen LogP contribution in [0.15, 0.2) is 41.1 Å². The van der Waals surface area contributed by atoms with Crippen molar-refractivity contribution in [1.29, 1.82) is 0 Å². The molecule has 0 saturated carbocycles. The number of hydrogen-bond acceptors (Lipinski definition) is 3. The zero-order chi connectivity index (χ0) is 15.2. The van der Waals surface area contributed by atoms with Crippen molar-refractivity contribution >= 4 is 15.9 Å². The van der Waals surface area contributed by atoms with E-state index in [1.54, 1.807) is 12.4 Å². The summed E-state index contributed by atoms with van der Waals surface area (Å²) in [7, 11) is 0. The minimum Gasteiger partial charge on any atom is -0.454 e. The lowest BCUT2D eigenvalue weighted by Gasteiger charge is -2.13. The maximum absolute atomic E-state index is 6.00. The Bertz CT molecular complexity index is 599. The predicted octanol–water partition coefficient (Wildman–Crippen LogP) is 4.69. The van der Waals surface area contributed by atoms with Crippen LogP contribution in [0.4, 0.5) is 0 Å². The van der Waals surface area contributed by atoms with Crippen molar-refractivity contribution in [2.45, 2.75) is 27.3 Å². The summed E-state index contributed by atoms with van der Waals surface area (Å²) in [6, 6.07) is 8.04. The van der Waals surface area contributed by atoms with E-state index >= 15 is 0 Å². The van der Waals surface area contributed by atoms with Gasteiger partial charge in [-0.2, -0.15) is 0 Å². The Hall–Kier alpha value is -1.39. The number of ether oxygens (including phenoxy) is 1. The minimum absolute atomic E-state index is 0.627. The van der Waals surface area contributed by atoms with Crippen LogP contribution >= 0.6 is 15.9 Å². The Morgan fingerprint density at radius 1 is 1.24 bits per heavy atom. The van der Waals surface area contributed by atoms with E-state index in [1.807, 2.05) is 24.3 Å². The van der Waals surface area contributed by atoms with Crippen LogP contribution in [0.1, 0.15) is 25.0 Å². The number of hydrogen-bond donors (Lipinski definition) is 1. The van der Waals surface area contributed by atoms with E-state index in [9.17, 15) is 0 Å². The molecule has 2 rings (SSSR count). The molecule has 112 valence electrons. The Morgan fingerprint density at radius 3 is 2.76 bits per heavy atom. The van der Waals surface area contributed by atoms with Crippen molar-refractivity contribution in [2.24, 2.45) is 5.92 Å². The fraction of sp³-hybridized carbons (Fsp3) is 0.353. The number of aryl methyl sites for hydroxylation is 1. The van der Waals surface area contributed by atoms with Crippen molar-refractivity contribution < 1.29 is 4.74 Å². The molecule has 0 atom stereocenters. The summed E-state index contributed by atoms with van der Waals surface area (Å²) in [5.41, 5.74) is 2.30. The summed E-state index contributed by atoms with van der Waals surface area (Å²) in [4.78, 5) is 4.16. The van der Waals surface area contributed by atoms with Crippen molar-refractivity contribution in [1.82, 2.24) is 10.3 Å². The number of nitrogens with zero attached hydrogens (tertiary/aromatic N) is 1. The summed E-state index contributed by atoms with van der Waals surface area (Å²) in [6.45, 7) is 8.20. The van der Waals surface area contributed by atoms with Crippen LogP contribution < -0.4 is 10.1 Å². The molecule has 0 aliphatic carbocycles. The van der Waals surface area contributed by atoms with Gasteiger partial charge in [0.15, 0.2) is 0 Å². The summed E-state index contributed by atoms with van der Waals surface area (Å²) < 4.78 is 6.95. The maximum atomic E-state index is 6.00. The molecule has 1 N–H and O–H groups in total. The first-order valence-electron chi connectivity index (χ1n) is 7.14. The quantitative estimate of drug-likeness (QED) is 0.822.